The van der Waals surface area contributed by atoms with Crippen molar-refractivity contribution in [2.75, 3.05) is 33.3 Å². The molecule has 2 aromatic rings. The Hall–Kier alpha value is -2.61. The molecule has 1 N–H and O–H groups in total. The number of nitrogens with one attached hydrogen (secondary N) is 1. The highest BCUT2D eigenvalue weighted by Crippen LogP contribution is 2.37. The van der Waals surface area contributed by atoms with Gasteiger partial charge in [-0.25, -0.2) is 18.9 Å². The SMILES string of the molecule is Bc1cc(F)ccc1[C@@H]1N=C(c2nccs2)N2CCN(S(=O)(=O)NC)CC2=C1C(=O)OCC. The summed E-state index contributed by atoms with van der Waals surface area (Å²) in [6.45, 7) is 2.29. The number of esters is 1. The molecule has 1 aromatic carbocycles. The molecule has 1 fully saturated rings. The van der Waals surface area contributed by atoms with Crippen LogP contribution < -0.4 is 10.2 Å². The van der Waals surface area contributed by atoms with Gasteiger partial charge in [-0.05, 0) is 24.6 Å². The number of aliphatic imine (C=N–C) groups is 1. The molecule has 13 heteroatoms. The zero-order valence-corrected chi connectivity index (χ0v) is 20.0. The van der Waals surface area contributed by atoms with Gasteiger partial charge in [0.25, 0.3) is 10.2 Å². The van der Waals surface area contributed by atoms with Gasteiger partial charge in [-0.1, -0.05) is 11.5 Å². The lowest BCUT2D eigenvalue weighted by Gasteiger charge is -2.42. The van der Waals surface area contributed by atoms with Crippen molar-refractivity contribution in [1.82, 2.24) is 18.9 Å². The Morgan fingerprint density at radius 3 is 2.82 bits per heavy atom. The maximum atomic E-state index is 13.8. The summed E-state index contributed by atoms with van der Waals surface area (Å²) in [5.41, 5.74) is 1.97. The van der Waals surface area contributed by atoms with Crippen molar-refractivity contribution in [3.63, 3.8) is 0 Å². The monoisotopic (exact) mass is 491 g/mol. The van der Waals surface area contributed by atoms with Crippen LogP contribution in [0.1, 0.15) is 23.5 Å². The number of carbonyl (C=O) groups is 1. The number of carbonyl (C=O) groups excluding carboxylic acids is 1. The Bertz CT molecular complexity index is 1230. The average molecular weight is 491 g/mol. The van der Waals surface area contributed by atoms with Crippen LogP contribution in [0.15, 0.2) is 46.0 Å². The van der Waals surface area contributed by atoms with E-state index in [1.807, 2.05) is 10.3 Å². The summed E-state index contributed by atoms with van der Waals surface area (Å²) in [6, 6.07) is 3.50. The number of fused-ring (bicyclic) bond motifs is 1. The van der Waals surface area contributed by atoms with Gasteiger partial charge in [0, 0.05) is 37.4 Å². The van der Waals surface area contributed by atoms with Gasteiger partial charge in [0.1, 0.15) is 19.7 Å². The van der Waals surface area contributed by atoms with Gasteiger partial charge < -0.3 is 9.64 Å². The van der Waals surface area contributed by atoms with Gasteiger partial charge in [-0.2, -0.15) is 12.7 Å². The average Bonchev–Trinajstić information content (AvgIpc) is 3.32. The summed E-state index contributed by atoms with van der Waals surface area (Å²) in [5.74, 6) is -0.438. The smallest absolute Gasteiger partial charge is 0.338 e. The highest BCUT2D eigenvalue weighted by atomic mass is 32.2. The molecule has 0 aliphatic carbocycles. The minimum absolute atomic E-state index is 0.0432. The van der Waals surface area contributed by atoms with Crippen LogP contribution in [0.5, 0.6) is 0 Å². The van der Waals surface area contributed by atoms with E-state index in [1.54, 1.807) is 27.0 Å². The first-order chi connectivity index (χ1) is 15.8. The number of aromatic nitrogens is 1. The minimum Gasteiger partial charge on any atom is -0.463 e. The summed E-state index contributed by atoms with van der Waals surface area (Å²) in [4.78, 5) is 24.3. The number of halogens is 1. The number of amidine groups is 1. The number of rotatable bonds is 6. The molecule has 0 amide bonds. The molecule has 1 atom stereocenters. The summed E-state index contributed by atoms with van der Waals surface area (Å²) in [7, 11) is -0.643. The maximum Gasteiger partial charge on any atom is 0.338 e. The Labute approximate surface area is 196 Å². The normalized spacial score (nSPS) is 19.3. The predicted molar refractivity (Wildman–Crippen MR) is 126 cm³/mol. The van der Waals surface area contributed by atoms with Crippen LogP contribution in [0, 0.1) is 5.82 Å². The molecule has 0 spiro atoms. The molecule has 33 heavy (non-hydrogen) atoms. The van der Waals surface area contributed by atoms with Crippen LogP contribution in [0.4, 0.5) is 4.39 Å². The standard InChI is InChI=1S/C20H23BFN5O4S2/c1-3-31-20(28)16-15-11-26(33(29,30)23-2)7-8-27(15)18(19-24-6-9-32-19)25-17(16)13-5-4-12(22)10-14(13)21/h4-6,9-10,17,23H,3,7-8,11,21H2,1-2H3/t17-/m0/s1. The third-order valence-electron chi connectivity index (χ3n) is 5.56. The van der Waals surface area contributed by atoms with Crippen molar-refractivity contribution in [2.24, 2.45) is 4.99 Å². The quantitative estimate of drug-likeness (QED) is 0.449. The summed E-state index contributed by atoms with van der Waals surface area (Å²) >= 11 is 1.39. The van der Waals surface area contributed by atoms with Crippen LogP contribution in [-0.4, -0.2) is 75.5 Å². The summed E-state index contributed by atoms with van der Waals surface area (Å²) < 4.78 is 47.9. The van der Waals surface area contributed by atoms with Crippen LogP contribution in [0.2, 0.25) is 0 Å². The van der Waals surface area contributed by atoms with Gasteiger partial charge in [0.05, 0.1) is 18.7 Å². The topological polar surface area (TPSA) is 104 Å². The molecular weight excluding hydrogens is 468 g/mol. The second kappa shape index (κ2) is 9.33. The predicted octanol–water partition coefficient (Wildman–Crippen LogP) is -0.0589. The highest BCUT2D eigenvalue weighted by molar-refractivity contribution is 7.87. The molecule has 2 aliphatic rings. The number of thiazole rings is 1. The van der Waals surface area contributed by atoms with E-state index in [2.05, 4.69) is 9.71 Å². The van der Waals surface area contributed by atoms with E-state index in [4.69, 9.17) is 9.73 Å². The number of piperazine rings is 1. The Balaban J connectivity index is 1.93. The van der Waals surface area contributed by atoms with Gasteiger partial charge >= 0.3 is 5.97 Å². The summed E-state index contributed by atoms with van der Waals surface area (Å²) in [5, 5.41) is 2.47. The first-order valence-corrected chi connectivity index (χ1v) is 12.7. The van der Waals surface area contributed by atoms with Gasteiger partial charge in [-0.3, -0.25) is 4.99 Å². The fourth-order valence-corrected chi connectivity index (χ4v) is 5.52. The minimum atomic E-state index is -3.73. The number of nitrogens with zero attached hydrogens (tertiary/aromatic N) is 4. The van der Waals surface area contributed by atoms with Crippen molar-refractivity contribution in [3.05, 3.63) is 57.4 Å². The maximum absolute atomic E-state index is 13.8. The van der Waals surface area contributed by atoms with Crippen molar-refractivity contribution < 1.29 is 22.3 Å². The van der Waals surface area contributed by atoms with E-state index in [0.29, 0.717) is 27.6 Å². The number of benzene rings is 1. The molecule has 4 rings (SSSR count). The second-order valence-electron chi connectivity index (χ2n) is 7.47. The molecule has 1 aromatic heterocycles. The fraction of sp³-hybridized carbons (Fsp3) is 0.350. The van der Waals surface area contributed by atoms with E-state index in [0.717, 1.165) is 0 Å². The molecule has 174 valence electrons. The van der Waals surface area contributed by atoms with E-state index in [9.17, 15) is 17.6 Å². The summed E-state index contributed by atoms with van der Waals surface area (Å²) in [6.07, 6.45) is 1.66. The Morgan fingerprint density at radius 1 is 1.39 bits per heavy atom. The van der Waals surface area contributed by atoms with Gasteiger partial charge in [0.15, 0.2) is 10.8 Å². The van der Waals surface area contributed by atoms with Crippen molar-refractivity contribution in [2.45, 2.75) is 13.0 Å². The van der Waals surface area contributed by atoms with Gasteiger partial charge in [-0.15, -0.1) is 11.3 Å². The molecule has 0 unspecified atom stereocenters. The zero-order chi connectivity index (χ0) is 23.8. The second-order valence-corrected chi connectivity index (χ2v) is 10.2. The molecule has 0 bridgehead atoms. The van der Waals surface area contributed by atoms with Gasteiger partial charge in [0.2, 0.25) is 0 Å². The Morgan fingerprint density at radius 2 is 2.18 bits per heavy atom. The van der Waals surface area contributed by atoms with E-state index >= 15 is 0 Å². The van der Waals surface area contributed by atoms with Crippen molar-refractivity contribution in [3.8, 4) is 0 Å². The first-order valence-electron chi connectivity index (χ1n) is 10.4. The molecule has 1 saturated heterocycles. The largest absolute Gasteiger partial charge is 0.463 e. The van der Waals surface area contributed by atoms with Crippen LogP contribution in [-0.2, 0) is 19.7 Å². The van der Waals surface area contributed by atoms with E-state index in [1.165, 1.54) is 34.8 Å². The molecule has 3 heterocycles. The molecule has 9 nitrogen and oxygen atoms in total. The Kier molecular flexibility index (Phi) is 6.66. The third-order valence-corrected chi connectivity index (χ3v) is 7.84. The highest BCUT2D eigenvalue weighted by Gasteiger charge is 2.41. The number of hydrogen-bond acceptors (Lipinski definition) is 8. The van der Waals surface area contributed by atoms with Crippen LogP contribution in [0.25, 0.3) is 0 Å². The van der Waals surface area contributed by atoms with Crippen LogP contribution in [0.3, 0.4) is 0 Å². The van der Waals surface area contributed by atoms with E-state index < -0.39 is 28.0 Å². The zero-order valence-electron chi connectivity index (χ0n) is 18.4. The first kappa shape index (κ1) is 23.5. The molecular formula is C20H23BFN5O4S2. The molecule has 2 aliphatic heterocycles. The molecule has 0 radical (unpaired) electrons. The van der Waals surface area contributed by atoms with Crippen molar-refractivity contribution in [1.29, 1.82) is 0 Å². The fourth-order valence-electron chi connectivity index (χ4n) is 4.00. The lowest BCUT2D eigenvalue weighted by molar-refractivity contribution is -0.139. The number of ether oxygens (including phenoxy) is 1. The lowest BCUT2D eigenvalue weighted by Crippen LogP contribution is -2.54. The number of hydrogen-bond donors (Lipinski definition) is 1. The van der Waals surface area contributed by atoms with Crippen LogP contribution >= 0.6 is 11.3 Å². The molecule has 0 saturated carbocycles. The van der Waals surface area contributed by atoms with E-state index in [-0.39, 0.29) is 31.8 Å². The lowest BCUT2D eigenvalue weighted by atomic mass is 9.83. The van der Waals surface area contributed by atoms with Crippen molar-refractivity contribution >= 4 is 46.7 Å². The third kappa shape index (κ3) is 4.45.